The fourth-order valence-electron chi connectivity index (χ4n) is 1.69. The van der Waals surface area contributed by atoms with Crippen LogP contribution in [-0.2, 0) is 10.0 Å². The molecule has 0 unspecified atom stereocenters. The number of benzene rings is 2. The number of anilines is 3. The molecule has 0 spiro atoms. The second-order valence-corrected chi connectivity index (χ2v) is 5.78. The molecule has 2 aromatic carbocycles. The Morgan fingerprint density at radius 2 is 1.81 bits per heavy atom. The zero-order chi connectivity index (χ0) is 15.6. The van der Waals surface area contributed by atoms with Crippen LogP contribution in [0.5, 0.6) is 0 Å². The summed E-state index contributed by atoms with van der Waals surface area (Å²) in [5.41, 5.74) is 6.72. The highest BCUT2D eigenvalue weighted by molar-refractivity contribution is 7.89. The quantitative estimate of drug-likeness (QED) is 0.744. The lowest BCUT2D eigenvalue weighted by Crippen LogP contribution is -2.12. The highest BCUT2D eigenvalue weighted by atomic mass is 32.2. The van der Waals surface area contributed by atoms with Gasteiger partial charge in [0.2, 0.25) is 10.0 Å². The zero-order valence-electron chi connectivity index (χ0n) is 10.7. The first-order valence-corrected chi connectivity index (χ1v) is 7.25. The lowest BCUT2D eigenvalue weighted by Gasteiger charge is -2.11. The van der Waals surface area contributed by atoms with E-state index in [1.807, 2.05) is 6.07 Å². The molecule has 6 nitrogen and oxygen atoms in total. The van der Waals surface area contributed by atoms with Gasteiger partial charge in [-0.25, -0.2) is 17.9 Å². The molecule has 0 heterocycles. The Kier molecular flexibility index (Phi) is 3.80. The molecule has 0 saturated heterocycles. The first-order chi connectivity index (χ1) is 9.81. The van der Waals surface area contributed by atoms with Crippen molar-refractivity contribution in [3.63, 3.8) is 0 Å². The molecule has 0 aliphatic carbocycles. The summed E-state index contributed by atoms with van der Waals surface area (Å²) in [5, 5.41) is 16.8. The standard InChI is InChI=1S/C13H11FN4O2S/c14-9-1-3-12(8(5-9)7-15)18-13-4-2-10(6-11(13)16)21(17,19)20/h1-6,18H,16H2,(H2,17,19,20). The van der Waals surface area contributed by atoms with E-state index in [4.69, 9.17) is 16.1 Å². The second-order valence-electron chi connectivity index (χ2n) is 4.22. The fourth-order valence-corrected chi connectivity index (χ4v) is 2.24. The van der Waals surface area contributed by atoms with Gasteiger partial charge in [0.05, 0.1) is 27.5 Å². The normalized spacial score (nSPS) is 10.9. The summed E-state index contributed by atoms with van der Waals surface area (Å²) in [6, 6.07) is 9.41. The molecular weight excluding hydrogens is 295 g/mol. The average molecular weight is 306 g/mol. The van der Waals surface area contributed by atoms with E-state index in [0.29, 0.717) is 11.4 Å². The van der Waals surface area contributed by atoms with Crippen molar-refractivity contribution in [1.82, 2.24) is 0 Å². The average Bonchev–Trinajstić information content (AvgIpc) is 2.41. The minimum Gasteiger partial charge on any atom is -0.397 e. The van der Waals surface area contributed by atoms with Crippen LogP contribution in [0.1, 0.15) is 5.56 Å². The largest absolute Gasteiger partial charge is 0.397 e. The molecule has 0 atom stereocenters. The van der Waals surface area contributed by atoms with Gasteiger partial charge in [-0.1, -0.05) is 0 Å². The number of hydrogen-bond donors (Lipinski definition) is 3. The number of nitriles is 1. The number of nitrogen functional groups attached to an aromatic ring is 1. The highest BCUT2D eigenvalue weighted by Crippen LogP contribution is 2.27. The lowest BCUT2D eigenvalue weighted by molar-refractivity contribution is 0.598. The van der Waals surface area contributed by atoms with Crippen molar-refractivity contribution in [2.24, 2.45) is 5.14 Å². The predicted molar refractivity (Wildman–Crippen MR) is 76.6 cm³/mol. The van der Waals surface area contributed by atoms with Crippen molar-refractivity contribution < 1.29 is 12.8 Å². The van der Waals surface area contributed by atoms with Crippen LogP contribution in [0.15, 0.2) is 41.3 Å². The number of nitrogens with zero attached hydrogens (tertiary/aromatic N) is 1. The van der Waals surface area contributed by atoms with E-state index >= 15 is 0 Å². The van der Waals surface area contributed by atoms with E-state index in [0.717, 1.165) is 6.07 Å². The number of hydrogen-bond acceptors (Lipinski definition) is 5. The molecule has 0 aliphatic rings. The van der Waals surface area contributed by atoms with Crippen molar-refractivity contribution in [2.75, 3.05) is 11.1 Å². The first-order valence-electron chi connectivity index (χ1n) is 5.70. The molecule has 0 aromatic heterocycles. The number of halogens is 1. The molecule has 21 heavy (non-hydrogen) atoms. The van der Waals surface area contributed by atoms with E-state index in [1.54, 1.807) is 0 Å². The highest BCUT2D eigenvalue weighted by Gasteiger charge is 2.11. The maximum atomic E-state index is 13.1. The number of sulfonamides is 1. The van der Waals surface area contributed by atoms with Crippen LogP contribution >= 0.6 is 0 Å². The smallest absolute Gasteiger partial charge is 0.238 e. The summed E-state index contributed by atoms with van der Waals surface area (Å²) in [5.74, 6) is -0.533. The molecule has 0 radical (unpaired) electrons. The summed E-state index contributed by atoms with van der Waals surface area (Å²) in [7, 11) is -3.84. The Balaban J connectivity index is 2.40. The molecule has 0 aliphatic heterocycles. The first kappa shape index (κ1) is 14.8. The number of rotatable bonds is 3. The molecule has 0 bridgehead atoms. The zero-order valence-corrected chi connectivity index (χ0v) is 11.5. The predicted octanol–water partition coefficient (Wildman–Crippen LogP) is 1.67. The number of nitrogens with one attached hydrogen (secondary N) is 1. The lowest BCUT2D eigenvalue weighted by atomic mass is 10.1. The third-order valence-electron chi connectivity index (χ3n) is 2.72. The van der Waals surface area contributed by atoms with Crippen LogP contribution < -0.4 is 16.2 Å². The monoisotopic (exact) mass is 306 g/mol. The number of nitrogens with two attached hydrogens (primary N) is 2. The van der Waals surface area contributed by atoms with Gasteiger partial charge < -0.3 is 11.1 Å². The van der Waals surface area contributed by atoms with Crippen molar-refractivity contribution in [2.45, 2.75) is 4.90 Å². The Labute approximate surface area is 120 Å². The SMILES string of the molecule is N#Cc1cc(F)ccc1Nc1ccc(S(N)(=O)=O)cc1N. The van der Waals surface area contributed by atoms with Crippen LogP contribution in [-0.4, -0.2) is 8.42 Å². The van der Waals surface area contributed by atoms with E-state index in [2.05, 4.69) is 5.32 Å². The molecule has 0 amide bonds. The summed E-state index contributed by atoms with van der Waals surface area (Å²) >= 11 is 0. The number of primary sulfonamides is 1. The molecule has 0 fully saturated rings. The van der Waals surface area contributed by atoms with Gasteiger partial charge >= 0.3 is 0 Å². The van der Waals surface area contributed by atoms with Crippen molar-refractivity contribution >= 4 is 27.1 Å². The Morgan fingerprint density at radius 1 is 1.14 bits per heavy atom. The molecule has 5 N–H and O–H groups in total. The van der Waals surface area contributed by atoms with E-state index in [9.17, 15) is 12.8 Å². The van der Waals surface area contributed by atoms with Crippen molar-refractivity contribution in [3.05, 3.63) is 47.8 Å². The summed E-state index contributed by atoms with van der Waals surface area (Å²) in [6.07, 6.45) is 0. The van der Waals surface area contributed by atoms with E-state index in [-0.39, 0.29) is 16.1 Å². The van der Waals surface area contributed by atoms with Crippen LogP contribution in [0.3, 0.4) is 0 Å². The van der Waals surface area contributed by atoms with E-state index in [1.165, 1.54) is 30.3 Å². The third kappa shape index (κ3) is 3.28. The maximum Gasteiger partial charge on any atom is 0.238 e. The van der Waals surface area contributed by atoms with Gasteiger partial charge in [0.1, 0.15) is 11.9 Å². The third-order valence-corrected chi connectivity index (χ3v) is 3.63. The fraction of sp³-hybridized carbons (Fsp3) is 0. The Bertz CT molecular complexity index is 844. The molecule has 2 aromatic rings. The van der Waals surface area contributed by atoms with Crippen molar-refractivity contribution in [1.29, 1.82) is 5.26 Å². The van der Waals surface area contributed by atoms with Crippen molar-refractivity contribution in [3.8, 4) is 6.07 Å². The molecular formula is C13H11FN4O2S. The van der Waals surface area contributed by atoms with Crippen LogP contribution in [0.2, 0.25) is 0 Å². The second kappa shape index (κ2) is 5.40. The van der Waals surface area contributed by atoms with Gasteiger partial charge in [0, 0.05) is 0 Å². The summed E-state index contributed by atoms with van der Waals surface area (Å²) in [6.45, 7) is 0. The summed E-state index contributed by atoms with van der Waals surface area (Å²) in [4.78, 5) is -0.120. The Hall–Kier alpha value is -2.63. The topological polar surface area (TPSA) is 122 Å². The Morgan fingerprint density at radius 3 is 2.38 bits per heavy atom. The van der Waals surface area contributed by atoms with Crippen LogP contribution in [0.25, 0.3) is 0 Å². The minimum absolute atomic E-state index is 0.102. The minimum atomic E-state index is -3.84. The maximum absolute atomic E-state index is 13.1. The van der Waals surface area contributed by atoms with Crippen LogP contribution in [0.4, 0.5) is 21.5 Å². The van der Waals surface area contributed by atoms with Gasteiger partial charge in [-0.05, 0) is 36.4 Å². The van der Waals surface area contributed by atoms with Gasteiger partial charge in [-0.15, -0.1) is 0 Å². The van der Waals surface area contributed by atoms with Gasteiger partial charge in [-0.3, -0.25) is 0 Å². The van der Waals surface area contributed by atoms with Gasteiger partial charge in [0.25, 0.3) is 0 Å². The van der Waals surface area contributed by atoms with Gasteiger partial charge in [0.15, 0.2) is 0 Å². The molecule has 108 valence electrons. The molecule has 8 heteroatoms. The van der Waals surface area contributed by atoms with Gasteiger partial charge in [-0.2, -0.15) is 5.26 Å². The molecule has 2 rings (SSSR count). The molecule has 0 saturated carbocycles. The summed E-state index contributed by atoms with van der Waals surface area (Å²) < 4.78 is 35.5. The van der Waals surface area contributed by atoms with Crippen LogP contribution in [0, 0.1) is 17.1 Å². The van der Waals surface area contributed by atoms with E-state index < -0.39 is 15.8 Å².